The lowest BCUT2D eigenvalue weighted by atomic mass is 10.2. The quantitative estimate of drug-likeness (QED) is 0.210. The maximum absolute atomic E-state index is 13.3. The lowest BCUT2D eigenvalue weighted by Gasteiger charge is -2.24. The maximum Gasteiger partial charge on any atom is 0.264 e. The Morgan fingerprint density at radius 2 is 1.78 bits per heavy atom. The van der Waals surface area contributed by atoms with E-state index in [0.29, 0.717) is 30.3 Å². The Morgan fingerprint density at radius 1 is 1.06 bits per heavy atom. The molecule has 0 unspecified atom stereocenters. The van der Waals surface area contributed by atoms with Crippen LogP contribution in [0.1, 0.15) is 12.5 Å². The molecule has 1 N–H and O–H groups in total. The molecule has 0 aliphatic carbocycles. The van der Waals surface area contributed by atoms with E-state index in [9.17, 15) is 13.2 Å². The molecule has 188 valence electrons. The molecule has 0 saturated heterocycles. The summed E-state index contributed by atoms with van der Waals surface area (Å²) < 4.78 is 38.8. The van der Waals surface area contributed by atoms with Gasteiger partial charge in [0.1, 0.15) is 13.2 Å². The Hall–Kier alpha value is -3.82. The van der Waals surface area contributed by atoms with Crippen molar-refractivity contribution < 1.29 is 22.7 Å². The molecule has 0 aliphatic rings. The number of hydrogen-bond acceptors (Lipinski definition) is 6. The summed E-state index contributed by atoms with van der Waals surface area (Å²) in [5, 5.41) is 4.16. The van der Waals surface area contributed by atoms with Crippen LogP contribution in [0.2, 0.25) is 5.02 Å². The van der Waals surface area contributed by atoms with Gasteiger partial charge in [-0.1, -0.05) is 54.6 Å². The minimum absolute atomic E-state index is 0.0310. The van der Waals surface area contributed by atoms with Crippen molar-refractivity contribution in [2.75, 3.05) is 24.1 Å². The Morgan fingerprint density at radius 3 is 2.47 bits per heavy atom. The summed E-state index contributed by atoms with van der Waals surface area (Å²) in [6.07, 6.45) is 3.05. The number of hydrazone groups is 1. The van der Waals surface area contributed by atoms with Crippen LogP contribution < -0.4 is 19.2 Å². The molecule has 10 heteroatoms. The molecule has 0 aromatic heterocycles. The monoisotopic (exact) mass is 527 g/mol. The van der Waals surface area contributed by atoms with Crippen molar-refractivity contribution in [1.82, 2.24) is 5.43 Å². The molecule has 0 spiro atoms. The minimum Gasteiger partial charge on any atom is -0.490 e. The zero-order chi connectivity index (χ0) is 26.0. The van der Waals surface area contributed by atoms with Gasteiger partial charge in [-0.15, -0.1) is 0 Å². The Bertz CT molecular complexity index is 1330. The van der Waals surface area contributed by atoms with Gasteiger partial charge in [0, 0.05) is 0 Å². The van der Waals surface area contributed by atoms with Gasteiger partial charge in [-0.2, -0.15) is 5.10 Å². The van der Waals surface area contributed by atoms with Gasteiger partial charge in [0.05, 0.1) is 28.4 Å². The van der Waals surface area contributed by atoms with Crippen molar-refractivity contribution >= 4 is 39.4 Å². The number of nitrogens with one attached hydrogen (secondary N) is 1. The van der Waals surface area contributed by atoms with E-state index in [0.717, 1.165) is 4.31 Å². The van der Waals surface area contributed by atoms with Crippen molar-refractivity contribution in [2.24, 2.45) is 5.10 Å². The first-order valence-corrected chi connectivity index (χ1v) is 12.8. The number of benzene rings is 3. The summed E-state index contributed by atoms with van der Waals surface area (Å²) in [5.74, 6) is 0.426. The minimum atomic E-state index is -4.07. The van der Waals surface area contributed by atoms with Crippen molar-refractivity contribution in [2.45, 2.75) is 11.8 Å². The van der Waals surface area contributed by atoms with E-state index in [-0.39, 0.29) is 15.6 Å². The van der Waals surface area contributed by atoms with E-state index in [4.69, 9.17) is 21.1 Å². The molecule has 0 atom stereocenters. The average molecular weight is 528 g/mol. The van der Waals surface area contributed by atoms with Crippen LogP contribution in [0.15, 0.2) is 95.4 Å². The number of sulfonamides is 1. The van der Waals surface area contributed by atoms with Crippen LogP contribution in [0, 0.1) is 0 Å². The zero-order valence-corrected chi connectivity index (χ0v) is 21.2. The zero-order valence-electron chi connectivity index (χ0n) is 19.6. The molecule has 1 amide bonds. The number of carbonyl (C=O) groups excluding carboxylic acids is 1. The molecule has 3 rings (SSSR count). The van der Waals surface area contributed by atoms with Gasteiger partial charge in [0.2, 0.25) is 0 Å². The maximum atomic E-state index is 13.3. The Kier molecular flexibility index (Phi) is 9.49. The predicted molar refractivity (Wildman–Crippen MR) is 141 cm³/mol. The third-order valence-corrected chi connectivity index (χ3v) is 6.86. The molecule has 36 heavy (non-hydrogen) atoms. The molecule has 3 aromatic carbocycles. The summed E-state index contributed by atoms with van der Waals surface area (Å²) in [4.78, 5) is 12.8. The molecule has 3 aromatic rings. The molecular formula is C26H26ClN3O5S. The first-order valence-electron chi connectivity index (χ1n) is 11.0. The summed E-state index contributed by atoms with van der Waals surface area (Å²) in [6, 6.07) is 19.4. The average Bonchev–Trinajstić information content (AvgIpc) is 2.88. The lowest BCUT2D eigenvalue weighted by Crippen LogP contribution is -2.39. The van der Waals surface area contributed by atoms with E-state index in [1.165, 1.54) is 24.4 Å². The number of rotatable bonds is 12. The van der Waals surface area contributed by atoms with Gasteiger partial charge >= 0.3 is 0 Å². The fourth-order valence-corrected chi connectivity index (χ4v) is 4.91. The topological polar surface area (TPSA) is 97.3 Å². The number of ether oxygens (including phenoxy) is 2. The number of carbonyl (C=O) groups is 1. The fraction of sp³-hybridized carbons (Fsp3) is 0.154. The van der Waals surface area contributed by atoms with Crippen LogP contribution in [0.5, 0.6) is 11.5 Å². The second-order valence-electron chi connectivity index (χ2n) is 7.31. The first-order chi connectivity index (χ1) is 17.4. The molecule has 0 saturated carbocycles. The van der Waals surface area contributed by atoms with Crippen LogP contribution >= 0.6 is 11.6 Å². The molecular weight excluding hydrogens is 502 g/mol. The predicted octanol–water partition coefficient (Wildman–Crippen LogP) is 4.65. The normalized spacial score (nSPS) is 11.2. The highest BCUT2D eigenvalue weighted by Gasteiger charge is 2.28. The molecule has 8 nitrogen and oxygen atoms in total. The van der Waals surface area contributed by atoms with Crippen LogP contribution in [0.3, 0.4) is 0 Å². The van der Waals surface area contributed by atoms with Gasteiger partial charge < -0.3 is 9.47 Å². The smallest absolute Gasteiger partial charge is 0.264 e. The van der Waals surface area contributed by atoms with E-state index in [2.05, 4.69) is 17.1 Å². The fourth-order valence-electron chi connectivity index (χ4n) is 3.16. The van der Waals surface area contributed by atoms with Crippen LogP contribution in [-0.2, 0) is 14.8 Å². The van der Waals surface area contributed by atoms with Crippen molar-refractivity contribution in [3.8, 4) is 11.5 Å². The summed E-state index contributed by atoms with van der Waals surface area (Å²) in [6.45, 7) is 5.72. The highest BCUT2D eigenvalue weighted by atomic mass is 35.5. The lowest BCUT2D eigenvalue weighted by molar-refractivity contribution is -0.119. The number of halogens is 1. The summed E-state index contributed by atoms with van der Waals surface area (Å²) >= 11 is 6.27. The third-order valence-electron chi connectivity index (χ3n) is 4.77. The second-order valence-corrected chi connectivity index (χ2v) is 9.58. The van der Waals surface area contributed by atoms with Gasteiger partial charge in [-0.25, -0.2) is 13.8 Å². The number of hydrogen-bond donors (Lipinski definition) is 1. The standard InChI is InChI=1S/C26H26ClN3O5S/c1-3-16-35-24-15-14-20(17-25(24)34-4-2)18-28-29-26(31)19-30(23-13-9-8-12-22(23)27)36(32,33)21-10-6-5-7-11-21/h3,5-15,17-18H,1,4,16,19H2,2H3,(H,29,31)/b28-18-. The van der Waals surface area contributed by atoms with Crippen LogP contribution in [-0.4, -0.2) is 40.3 Å². The highest BCUT2D eigenvalue weighted by Crippen LogP contribution is 2.30. The number of anilines is 1. The van der Waals surface area contributed by atoms with Crippen molar-refractivity contribution in [3.63, 3.8) is 0 Å². The molecule has 0 fully saturated rings. The largest absolute Gasteiger partial charge is 0.490 e. The van der Waals surface area contributed by atoms with Crippen LogP contribution in [0.4, 0.5) is 5.69 Å². The number of amides is 1. The Balaban J connectivity index is 1.78. The molecule has 0 radical (unpaired) electrons. The Labute approximate surface area is 215 Å². The van der Waals surface area contributed by atoms with E-state index in [1.54, 1.807) is 60.7 Å². The van der Waals surface area contributed by atoms with E-state index < -0.39 is 22.5 Å². The molecule has 0 heterocycles. The second kappa shape index (κ2) is 12.8. The van der Waals surface area contributed by atoms with Crippen molar-refractivity contribution in [3.05, 3.63) is 96.0 Å². The van der Waals surface area contributed by atoms with Gasteiger partial charge in [-0.05, 0) is 55.0 Å². The molecule has 0 bridgehead atoms. The summed E-state index contributed by atoms with van der Waals surface area (Å²) in [5.41, 5.74) is 3.19. The third kappa shape index (κ3) is 6.87. The van der Waals surface area contributed by atoms with Crippen molar-refractivity contribution in [1.29, 1.82) is 0 Å². The number of para-hydroxylation sites is 1. The van der Waals surface area contributed by atoms with E-state index in [1.807, 2.05) is 6.92 Å². The van der Waals surface area contributed by atoms with E-state index >= 15 is 0 Å². The SMILES string of the molecule is C=CCOc1ccc(/C=N\NC(=O)CN(c2ccccc2Cl)S(=O)(=O)c2ccccc2)cc1OCC. The first kappa shape index (κ1) is 26.8. The van der Waals surface area contributed by atoms with Gasteiger partial charge in [-0.3, -0.25) is 9.10 Å². The molecule has 0 aliphatic heterocycles. The number of nitrogens with zero attached hydrogens (tertiary/aromatic N) is 2. The van der Waals surface area contributed by atoms with Crippen LogP contribution in [0.25, 0.3) is 0 Å². The van der Waals surface area contributed by atoms with Gasteiger partial charge in [0.15, 0.2) is 11.5 Å². The van der Waals surface area contributed by atoms with Gasteiger partial charge in [0.25, 0.3) is 15.9 Å². The summed E-state index contributed by atoms with van der Waals surface area (Å²) in [7, 11) is -4.07. The highest BCUT2D eigenvalue weighted by molar-refractivity contribution is 7.92.